The van der Waals surface area contributed by atoms with Gasteiger partial charge in [-0.2, -0.15) is 4.31 Å². The molecule has 0 radical (unpaired) electrons. The molecule has 0 atom stereocenters. The number of amides is 1. The van der Waals surface area contributed by atoms with E-state index in [4.69, 9.17) is 0 Å². The lowest BCUT2D eigenvalue weighted by Gasteiger charge is -2.19. The summed E-state index contributed by atoms with van der Waals surface area (Å²) in [5, 5.41) is 4.02. The Morgan fingerprint density at radius 3 is 2.41 bits per heavy atom. The van der Waals surface area contributed by atoms with Crippen molar-refractivity contribution in [2.45, 2.75) is 22.6 Å². The molecule has 2 aliphatic rings. The van der Waals surface area contributed by atoms with Crippen molar-refractivity contribution >= 4 is 48.1 Å². The predicted molar refractivity (Wildman–Crippen MR) is 122 cm³/mol. The number of carbonyl (C=O) groups is 1. The molecule has 1 saturated heterocycles. The van der Waals surface area contributed by atoms with Gasteiger partial charge in [0.2, 0.25) is 15.9 Å². The Balaban J connectivity index is 1.39. The molecule has 2 heterocycles. The van der Waals surface area contributed by atoms with Gasteiger partial charge in [0, 0.05) is 24.2 Å². The molecule has 0 bridgehead atoms. The van der Waals surface area contributed by atoms with E-state index in [9.17, 15) is 21.6 Å². The molecule has 3 aromatic rings. The number of anilines is 2. The van der Waals surface area contributed by atoms with Gasteiger partial charge in [0.15, 0.2) is 0 Å². The van der Waals surface area contributed by atoms with Crippen LogP contribution in [0.2, 0.25) is 0 Å². The van der Waals surface area contributed by atoms with Crippen LogP contribution >= 0.6 is 0 Å². The average Bonchev–Trinajstić information content (AvgIpc) is 3.38. The molecule has 0 aromatic heterocycles. The van der Waals surface area contributed by atoms with Crippen molar-refractivity contribution < 1.29 is 21.6 Å². The lowest BCUT2D eigenvalue weighted by Crippen LogP contribution is -2.35. The summed E-state index contributed by atoms with van der Waals surface area (Å²) in [6.45, 7) is 0.551. The van der Waals surface area contributed by atoms with Gasteiger partial charge in [-0.25, -0.2) is 16.8 Å². The van der Waals surface area contributed by atoms with E-state index in [2.05, 4.69) is 5.32 Å². The van der Waals surface area contributed by atoms with Gasteiger partial charge in [-0.05, 0) is 48.6 Å². The minimum Gasteiger partial charge on any atom is -0.324 e. The third kappa shape index (κ3) is 3.35. The van der Waals surface area contributed by atoms with Crippen LogP contribution in [0.3, 0.4) is 0 Å². The van der Waals surface area contributed by atoms with Crippen molar-refractivity contribution in [3.8, 4) is 0 Å². The van der Waals surface area contributed by atoms with E-state index in [0.717, 1.165) is 22.5 Å². The van der Waals surface area contributed by atoms with Gasteiger partial charge in [-0.3, -0.25) is 9.10 Å². The van der Waals surface area contributed by atoms with Gasteiger partial charge in [0.05, 0.1) is 15.5 Å². The van der Waals surface area contributed by atoms with Crippen LogP contribution in [0, 0.1) is 0 Å². The molecule has 1 amide bonds. The molecular formula is C22H21N3O5S2. The second kappa shape index (κ2) is 7.58. The zero-order chi connectivity index (χ0) is 22.5. The fourth-order valence-electron chi connectivity index (χ4n) is 4.27. The Kier molecular flexibility index (Phi) is 4.95. The van der Waals surface area contributed by atoms with Crippen molar-refractivity contribution in [2.75, 3.05) is 29.3 Å². The first-order valence-corrected chi connectivity index (χ1v) is 13.1. The first-order valence-electron chi connectivity index (χ1n) is 10.2. The largest absolute Gasteiger partial charge is 0.324 e. The van der Waals surface area contributed by atoms with Gasteiger partial charge in [-0.15, -0.1) is 0 Å². The molecule has 32 heavy (non-hydrogen) atoms. The van der Waals surface area contributed by atoms with Crippen LogP contribution in [0.5, 0.6) is 0 Å². The van der Waals surface area contributed by atoms with Crippen LogP contribution in [-0.4, -0.2) is 46.7 Å². The summed E-state index contributed by atoms with van der Waals surface area (Å²) < 4.78 is 54.2. The first-order chi connectivity index (χ1) is 15.3. The number of nitrogens with one attached hydrogen (secondary N) is 1. The van der Waals surface area contributed by atoms with Gasteiger partial charge in [0.1, 0.15) is 6.54 Å². The second-order valence-electron chi connectivity index (χ2n) is 7.83. The van der Waals surface area contributed by atoms with Crippen LogP contribution in [0.4, 0.5) is 11.4 Å². The molecule has 0 unspecified atom stereocenters. The summed E-state index contributed by atoms with van der Waals surface area (Å²) in [5.41, 5.74) is 0.751. The van der Waals surface area contributed by atoms with Crippen molar-refractivity contribution in [1.82, 2.24) is 4.31 Å². The Hall–Kier alpha value is -2.95. The molecule has 10 heteroatoms. The molecule has 0 spiro atoms. The van der Waals surface area contributed by atoms with E-state index < -0.39 is 32.5 Å². The summed E-state index contributed by atoms with van der Waals surface area (Å²) in [4.78, 5) is 13.0. The van der Waals surface area contributed by atoms with Crippen LogP contribution in [0.25, 0.3) is 10.8 Å². The minimum absolute atomic E-state index is 0.100. The highest BCUT2D eigenvalue weighted by Gasteiger charge is 2.36. The number of sulfonamides is 2. The predicted octanol–water partition coefficient (Wildman–Crippen LogP) is 2.77. The SMILES string of the molecule is O=C(CN1c2cccc3cccc(c23)S1(=O)=O)Nc1cccc(S(=O)(=O)N2CCCC2)c1. The standard InChI is InChI=1S/C22H21N3O5S2/c26-21(23-17-8-5-9-18(14-17)31(27,28)24-12-1-2-13-24)15-25-19-10-3-6-16-7-4-11-20(22(16)19)32(25,29)30/h3-11,14H,1-2,12-13,15H2,(H,23,26). The molecule has 0 aliphatic carbocycles. The summed E-state index contributed by atoms with van der Waals surface area (Å²) >= 11 is 0. The third-order valence-electron chi connectivity index (χ3n) is 5.79. The Labute approximate surface area is 186 Å². The highest BCUT2D eigenvalue weighted by atomic mass is 32.2. The Morgan fingerprint density at radius 2 is 1.66 bits per heavy atom. The molecule has 5 rings (SSSR count). The molecule has 1 fully saturated rings. The van der Waals surface area contributed by atoms with Crippen LogP contribution in [-0.2, 0) is 24.8 Å². The van der Waals surface area contributed by atoms with Crippen LogP contribution in [0.1, 0.15) is 12.8 Å². The van der Waals surface area contributed by atoms with E-state index >= 15 is 0 Å². The lowest BCUT2D eigenvalue weighted by molar-refractivity contribution is -0.114. The minimum atomic E-state index is -3.86. The summed E-state index contributed by atoms with van der Waals surface area (Å²) in [5.74, 6) is -0.561. The third-order valence-corrected chi connectivity index (χ3v) is 9.49. The number of benzene rings is 3. The molecule has 0 saturated carbocycles. The number of nitrogens with zero attached hydrogens (tertiary/aromatic N) is 2. The normalized spacial score (nSPS) is 17.7. The molecule has 3 aromatic carbocycles. The maximum atomic E-state index is 13.0. The monoisotopic (exact) mass is 471 g/mol. The number of hydrogen-bond donors (Lipinski definition) is 1. The fraction of sp³-hybridized carbons (Fsp3) is 0.227. The topological polar surface area (TPSA) is 104 Å². The van der Waals surface area contributed by atoms with E-state index in [1.165, 1.54) is 22.5 Å². The summed E-state index contributed by atoms with van der Waals surface area (Å²) in [6.07, 6.45) is 1.66. The molecular weight excluding hydrogens is 450 g/mol. The summed E-state index contributed by atoms with van der Waals surface area (Å²) in [6, 6.07) is 16.3. The maximum absolute atomic E-state index is 13.0. The number of carbonyl (C=O) groups excluding carboxylic acids is 1. The molecule has 8 nitrogen and oxygen atoms in total. The molecule has 1 N–H and O–H groups in total. The van der Waals surface area contributed by atoms with Gasteiger partial charge < -0.3 is 5.32 Å². The van der Waals surface area contributed by atoms with Crippen molar-refractivity contribution in [3.05, 3.63) is 60.7 Å². The van der Waals surface area contributed by atoms with Crippen LogP contribution in [0.15, 0.2) is 70.5 Å². The zero-order valence-corrected chi connectivity index (χ0v) is 18.7. The Morgan fingerprint density at radius 1 is 0.969 bits per heavy atom. The molecule has 2 aliphatic heterocycles. The van der Waals surface area contributed by atoms with E-state index in [1.54, 1.807) is 30.3 Å². The van der Waals surface area contributed by atoms with Crippen molar-refractivity contribution in [3.63, 3.8) is 0 Å². The van der Waals surface area contributed by atoms with Crippen molar-refractivity contribution in [1.29, 1.82) is 0 Å². The van der Waals surface area contributed by atoms with E-state index in [0.29, 0.717) is 29.9 Å². The highest BCUT2D eigenvalue weighted by Crippen LogP contribution is 2.41. The second-order valence-corrected chi connectivity index (χ2v) is 11.6. The van der Waals surface area contributed by atoms with Crippen molar-refractivity contribution in [2.24, 2.45) is 0 Å². The maximum Gasteiger partial charge on any atom is 0.265 e. The van der Waals surface area contributed by atoms with Gasteiger partial charge >= 0.3 is 0 Å². The Bertz CT molecular complexity index is 1440. The number of rotatable bonds is 5. The average molecular weight is 472 g/mol. The number of hydrogen-bond acceptors (Lipinski definition) is 5. The van der Waals surface area contributed by atoms with E-state index in [-0.39, 0.29) is 9.79 Å². The quantitative estimate of drug-likeness (QED) is 0.616. The molecule has 166 valence electrons. The van der Waals surface area contributed by atoms with E-state index in [1.807, 2.05) is 12.1 Å². The first kappa shape index (κ1) is 20.9. The lowest BCUT2D eigenvalue weighted by atomic mass is 10.1. The highest BCUT2D eigenvalue weighted by molar-refractivity contribution is 7.93. The smallest absolute Gasteiger partial charge is 0.265 e. The fourth-order valence-corrected chi connectivity index (χ4v) is 7.50. The zero-order valence-electron chi connectivity index (χ0n) is 17.1. The van der Waals surface area contributed by atoms with Gasteiger partial charge in [0.25, 0.3) is 10.0 Å². The van der Waals surface area contributed by atoms with Gasteiger partial charge in [-0.1, -0.05) is 30.3 Å². The summed E-state index contributed by atoms with van der Waals surface area (Å²) in [7, 11) is -7.48. The van der Waals surface area contributed by atoms with Crippen LogP contribution < -0.4 is 9.62 Å².